The van der Waals surface area contributed by atoms with Crippen LogP contribution in [0.25, 0.3) is 0 Å². The fraction of sp³-hybridized carbons (Fsp3) is 0.909. The van der Waals surface area contributed by atoms with Gasteiger partial charge >= 0.3 is 5.97 Å². The Balaban J connectivity index is 4.95. The van der Waals surface area contributed by atoms with Crippen LogP contribution in [-0.2, 0) is 14.8 Å². The molecule has 0 atom stereocenters. The molecule has 5 nitrogen and oxygen atoms in total. The first-order valence-electron chi connectivity index (χ1n) is 5.63. The summed E-state index contributed by atoms with van der Waals surface area (Å²) >= 11 is 0. The zero-order valence-corrected chi connectivity index (χ0v) is 12.0. The molecule has 0 aliphatic rings. The molecule has 0 saturated heterocycles. The van der Waals surface area contributed by atoms with Crippen LogP contribution in [0.4, 0.5) is 0 Å². The number of hydrogen-bond acceptors (Lipinski definition) is 3. The van der Waals surface area contributed by atoms with Gasteiger partial charge in [0.25, 0.3) is 0 Å². The van der Waals surface area contributed by atoms with Gasteiger partial charge in [0, 0.05) is 6.54 Å². The van der Waals surface area contributed by atoms with Crippen molar-refractivity contribution in [1.82, 2.24) is 4.31 Å². The molecule has 0 heterocycles. The smallest absolute Gasteiger partial charge is 0.318 e. The number of carboxylic acids is 1. The Labute approximate surface area is 104 Å². The average Bonchev–Trinajstić information content (AvgIpc) is 1.95. The van der Waals surface area contributed by atoms with E-state index in [2.05, 4.69) is 0 Å². The van der Waals surface area contributed by atoms with Crippen LogP contribution < -0.4 is 0 Å². The third-order valence-electron chi connectivity index (χ3n) is 1.89. The zero-order valence-electron chi connectivity index (χ0n) is 11.2. The largest absolute Gasteiger partial charge is 0.480 e. The van der Waals surface area contributed by atoms with E-state index in [1.807, 2.05) is 34.6 Å². The van der Waals surface area contributed by atoms with Gasteiger partial charge in [0.1, 0.15) is 6.54 Å². The highest BCUT2D eigenvalue weighted by molar-refractivity contribution is 7.89. The molecule has 17 heavy (non-hydrogen) atoms. The Kier molecular flexibility index (Phi) is 5.61. The van der Waals surface area contributed by atoms with Crippen molar-refractivity contribution in [2.24, 2.45) is 11.3 Å². The highest BCUT2D eigenvalue weighted by Gasteiger charge is 2.29. The molecule has 1 N–H and O–H groups in total. The number of hydrogen-bond donors (Lipinski definition) is 1. The lowest BCUT2D eigenvalue weighted by atomic mass is 10.0. The number of nitrogens with zero attached hydrogens (tertiary/aromatic N) is 1. The maximum atomic E-state index is 12.1. The van der Waals surface area contributed by atoms with Crippen LogP contribution in [0.15, 0.2) is 0 Å². The lowest BCUT2D eigenvalue weighted by molar-refractivity contribution is -0.137. The molecule has 0 aromatic heterocycles. The maximum absolute atomic E-state index is 12.1. The molecule has 0 aromatic carbocycles. The third kappa shape index (κ3) is 7.33. The first kappa shape index (κ1) is 16.4. The lowest BCUT2D eigenvalue weighted by Crippen LogP contribution is -2.42. The van der Waals surface area contributed by atoms with Crippen LogP contribution in [0.2, 0.25) is 0 Å². The van der Waals surface area contributed by atoms with Crippen molar-refractivity contribution in [1.29, 1.82) is 0 Å². The van der Waals surface area contributed by atoms with Gasteiger partial charge in [-0.05, 0) is 11.3 Å². The van der Waals surface area contributed by atoms with Crippen LogP contribution in [-0.4, -0.2) is 42.6 Å². The molecule has 0 aromatic rings. The van der Waals surface area contributed by atoms with E-state index in [-0.39, 0.29) is 23.6 Å². The van der Waals surface area contributed by atoms with Crippen molar-refractivity contribution >= 4 is 16.0 Å². The van der Waals surface area contributed by atoms with Crippen LogP contribution in [0, 0.1) is 11.3 Å². The summed E-state index contributed by atoms with van der Waals surface area (Å²) in [5, 5.41) is 8.75. The van der Waals surface area contributed by atoms with Crippen molar-refractivity contribution in [2.45, 2.75) is 34.6 Å². The molecule has 0 aliphatic heterocycles. The second-order valence-corrected chi connectivity index (χ2v) is 7.87. The molecule has 0 rings (SSSR count). The van der Waals surface area contributed by atoms with E-state index in [0.29, 0.717) is 0 Å². The van der Waals surface area contributed by atoms with E-state index in [1.165, 1.54) is 0 Å². The molecule has 0 saturated carbocycles. The van der Waals surface area contributed by atoms with Gasteiger partial charge < -0.3 is 5.11 Å². The summed E-state index contributed by atoms with van der Waals surface area (Å²) in [6.07, 6.45) is 0. The number of rotatable bonds is 6. The topological polar surface area (TPSA) is 74.7 Å². The number of carboxylic acid groups (broad SMARTS) is 1. The zero-order chi connectivity index (χ0) is 13.9. The number of carbonyl (C=O) groups is 1. The number of aliphatic carboxylic acids is 1. The molecule has 6 heteroatoms. The van der Waals surface area contributed by atoms with Gasteiger partial charge in [-0.1, -0.05) is 34.6 Å². The van der Waals surface area contributed by atoms with Crippen molar-refractivity contribution in [3.05, 3.63) is 0 Å². The second-order valence-electron chi connectivity index (χ2n) is 5.90. The van der Waals surface area contributed by atoms with Crippen LogP contribution >= 0.6 is 0 Å². The van der Waals surface area contributed by atoms with Crippen molar-refractivity contribution in [3.8, 4) is 0 Å². The summed E-state index contributed by atoms with van der Waals surface area (Å²) in [5.74, 6) is -1.06. The van der Waals surface area contributed by atoms with Gasteiger partial charge in [-0.2, -0.15) is 4.31 Å². The van der Waals surface area contributed by atoms with Crippen molar-refractivity contribution in [2.75, 3.05) is 18.8 Å². The summed E-state index contributed by atoms with van der Waals surface area (Å²) in [6, 6.07) is 0. The maximum Gasteiger partial charge on any atom is 0.318 e. The van der Waals surface area contributed by atoms with E-state index in [4.69, 9.17) is 5.11 Å². The quantitative estimate of drug-likeness (QED) is 0.788. The van der Waals surface area contributed by atoms with Gasteiger partial charge in [0.05, 0.1) is 5.75 Å². The summed E-state index contributed by atoms with van der Waals surface area (Å²) in [6.45, 7) is 8.96. The minimum absolute atomic E-state index is 0.0417. The summed E-state index contributed by atoms with van der Waals surface area (Å²) < 4.78 is 25.2. The van der Waals surface area contributed by atoms with E-state index >= 15 is 0 Å². The SMILES string of the molecule is CC(C)CN(CC(=O)O)S(=O)(=O)CC(C)(C)C. The monoisotopic (exact) mass is 265 g/mol. The van der Waals surface area contributed by atoms with E-state index in [9.17, 15) is 13.2 Å². The molecule has 0 aliphatic carbocycles. The Morgan fingerprint density at radius 3 is 2.06 bits per heavy atom. The Morgan fingerprint density at radius 1 is 1.29 bits per heavy atom. The predicted octanol–water partition coefficient (Wildman–Crippen LogP) is 1.40. The Hall–Kier alpha value is -0.620. The highest BCUT2D eigenvalue weighted by Crippen LogP contribution is 2.19. The summed E-state index contributed by atoms with van der Waals surface area (Å²) in [4.78, 5) is 10.7. The Bertz CT molecular complexity index is 354. The standard InChI is InChI=1S/C11H23NO4S/c1-9(2)6-12(7-10(13)14)17(15,16)8-11(3,4)5/h9H,6-8H2,1-5H3,(H,13,14). The van der Waals surface area contributed by atoms with E-state index in [1.54, 1.807) is 0 Å². The lowest BCUT2D eigenvalue weighted by Gasteiger charge is -2.26. The minimum Gasteiger partial charge on any atom is -0.480 e. The molecule has 0 unspecified atom stereocenters. The van der Waals surface area contributed by atoms with Crippen LogP contribution in [0.3, 0.4) is 0 Å². The first-order valence-corrected chi connectivity index (χ1v) is 7.24. The van der Waals surface area contributed by atoms with Gasteiger partial charge in [-0.3, -0.25) is 4.79 Å². The van der Waals surface area contributed by atoms with Crippen molar-refractivity contribution in [3.63, 3.8) is 0 Å². The third-order valence-corrected chi connectivity index (χ3v) is 4.18. The average molecular weight is 265 g/mol. The molecule has 0 spiro atoms. The normalized spacial score (nSPS) is 13.4. The van der Waals surface area contributed by atoms with Gasteiger partial charge in [-0.15, -0.1) is 0 Å². The first-order chi connectivity index (χ1) is 7.44. The van der Waals surface area contributed by atoms with Crippen molar-refractivity contribution < 1.29 is 18.3 Å². The molecular formula is C11H23NO4S. The Morgan fingerprint density at radius 2 is 1.76 bits per heavy atom. The van der Waals surface area contributed by atoms with Gasteiger partial charge in [-0.25, -0.2) is 8.42 Å². The second kappa shape index (κ2) is 5.82. The molecular weight excluding hydrogens is 242 g/mol. The van der Waals surface area contributed by atoms with Crippen LogP contribution in [0.1, 0.15) is 34.6 Å². The molecule has 0 bridgehead atoms. The molecule has 0 radical (unpaired) electrons. The van der Waals surface area contributed by atoms with E-state index < -0.39 is 22.5 Å². The predicted molar refractivity (Wildman–Crippen MR) is 67.3 cm³/mol. The summed E-state index contributed by atoms with van der Waals surface area (Å²) in [5.41, 5.74) is -0.382. The number of sulfonamides is 1. The molecule has 102 valence electrons. The van der Waals surface area contributed by atoms with E-state index in [0.717, 1.165) is 4.31 Å². The summed E-state index contributed by atoms with van der Waals surface area (Å²) in [7, 11) is -3.52. The van der Waals surface area contributed by atoms with Crippen LogP contribution in [0.5, 0.6) is 0 Å². The minimum atomic E-state index is -3.52. The molecule has 0 fully saturated rings. The highest BCUT2D eigenvalue weighted by atomic mass is 32.2. The van der Waals surface area contributed by atoms with Gasteiger partial charge in [0.15, 0.2) is 0 Å². The van der Waals surface area contributed by atoms with Gasteiger partial charge in [0.2, 0.25) is 10.0 Å². The fourth-order valence-electron chi connectivity index (χ4n) is 1.47. The molecule has 0 amide bonds. The fourth-order valence-corrected chi connectivity index (χ4v) is 3.58.